The van der Waals surface area contributed by atoms with E-state index < -0.39 is 6.10 Å². The van der Waals surface area contributed by atoms with Gasteiger partial charge in [-0.3, -0.25) is 0 Å². The summed E-state index contributed by atoms with van der Waals surface area (Å²) in [4.78, 5) is 0. The molecule has 0 radical (unpaired) electrons. The van der Waals surface area contributed by atoms with Crippen LogP contribution in [0.2, 0.25) is 0 Å². The zero-order valence-electron chi connectivity index (χ0n) is 12.5. The molecule has 0 aliphatic rings. The van der Waals surface area contributed by atoms with Gasteiger partial charge in [-0.05, 0) is 42.3 Å². The molecule has 2 rings (SSSR count). The van der Waals surface area contributed by atoms with Crippen molar-refractivity contribution in [1.29, 1.82) is 0 Å². The molecule has 1 atom stereocenters. The molecule has 0 aliphatic heterocycles. The lowest BCUT2D eigenvalue weighted by atomic mass is 10.1. The van der Waals surface area contributed by atoms with E-state index in [1.165, 1.54) is 0 Å². The van der Waals surface area contributed by atoms with E-state index in [2.05, 4.69) is 0 Å². The minimum Gasteiger partial charge on any atom is -0.497 e. The first-order chi connectivity index (χ1) is 10.1. The summed E-state index contributed by atoms with van der Waals surface area (Å²) in [6, 6.07) is 13.1. The van der Waals surface area contributed by atoms with Gasteiger partial charge in [0, 0.05) is 0 Å². The normalized spacial score (nSPS) is 11.8. The summed E-state index contributed by atoms with van der Waals surface area (Å²) in [5.41, 5.74) is 1.80. The molecule has 4 nitrogen and oxygen atoms in total. The molecule has 4 heteroatoms. The lowest BCUT2D eigenvalue weighted by Crippen LogP contribution is -1.99. The van der Waals surface area contributed by atoms with E-state index in [0.717, 1.165) is 16.9 Å². The number of hydrogen-bond donors (Lipinski definition) is 1. The molecule has 1 N–H and O–H groups in total. The van der Waals surface area contributed by atoms with Crippen molar-refractivity contribution in [3.63, 3.8) is 0 Å². The van der Waals surface area contributed by atoms with Crippen LogP contribution in [0.15, 0.2) is 42.5 Å². The van der Waals surface area contributed by atoms with Gasteiger partial charge in [-0.25, -0.2) is 0 Å². The van der Waals surface area contributed by atoms with E-state index in [4.69, 9.17) is 14.2 Å². The molecule has 0 unspecified atom stereocenters. The highest BCUT2D eigenvalue weighted by Crippen LogP contribution is 2.31. The van der Waals surface area contributed by atoms with Crippen LogP contribution in [0.1, 0.15) is 24.2 Å². The van der Waals surface area contributed by atoms with Crippen LogP contribution >= 0.6 is 0 Å². The molecule has 0 spiro atoms. The van der Waals surface area contributed by atoms with Crippen LogP contribution in [0.4, 0.5) is 0 Å². The van der Waals surface area contributed by atoms with E-state index in [1.54, 1.807) is 33.3 Å². The lowest BCUT2D eigenvalue weighted by Gasteiger charge is -2.13. The SMILES string of the molecule is COc1cccc(COc2ccc([C@H](C)O)cc2OC)c1. The van der Waals surface area contributed by atoms with Crippen molar-refractivity contribution in [1.82, 2.24) is 0 Å². The molecule has 0 aromatic heterocycles. The Morgan fingerprint density at radius 3 is 2.48 bits per heavy atom. The van der Waals surface area contributed by atoms with Crippen molar-refractivity contribution in [2.24, 2.45) is 0 Å². The molecule has 112 valence electrons. The summed E-state index contributed by atoms with van der Waals surface area (Å²) < 4.78 is 16.3. The standard InChI is InChI=1S/C17H20O4/c1-12(18)14-7-8-16(17(10-14)20-3)21-11-13-5-4-6-15(9-13)19-2/h4-10,12,18H,11H2,1-3H3/t12-/m0/s1. The number of methoxy groups -OCH3 is 2. The van der Waals surface area contributed by atoms with Gasteiger partial charge >= 0.3 is 0 Å². The molecule has 2 aromatic rings. The Bertz CT molecular complexity index is 593. The molecule has 0 amide bonds. The van der Waals surface area contributed by atoms with E-state index >= 15 is 0 Å². The topological polar surface area (TPSA) is 47.9 Å². The van der Waals surface area contributed by atoms with Crippen molar-refractivity contribution in [3.05, 3.63) is 53.6 Å². The molecular weight excluding hydrogens is 268 g/mol. The smallest absolute Gasteiger partial charge is 0.161 e. The third kappa shape index (κ3) is 3.89. The fourth-order valence-corrected chi connectivity index (χ4v) is 1.99. The van der Waals surface area contributed by atoms with Gasteiger partial charge < -0.3 is 19.3 Å². The number of aliphatic hydroxyl groups excluding tert-OH is 1. The average molecular weight is 288 g/mol. The zero-order valence-corrected chi connectivity index (χ0v) is 12.5. The zero-order chi connectivity index (χ0) is 15.2. The van der Waals surface area contributed by atoms with Gasteiger partial charge in [0.1, 0.15) is 12.4 Å². The second kappa shape index (κ2) is 6.99. The second-order valence-electron chi connectivity index (χ2n) is 4.73. The van der Waals surface area contributed by atoms with Crippen LogP contribution in [-0.2, 0) is 6.61 Å². The minimum absolute atomic E-state index is 0.418. The van der Waals surface area contributed by atoms with Crippen LogP contribution < -0.4 is 14.2 Å². The first kappa shape index (κ1) is 15.2. The van der Waals surface area contributed by atoms with Crippen molar-refractivity contribution in [3.8, 4) is 17.2 Å². The highest BCUT2D eigenvalue weighted by molar-refractivity contribution is 5.43. The predicted octanol–water partition coefficient (Wildman–Crippen LogP) is 3.34. The van der Waals surface area contributed by atoms with E-state index in [0.29, 0.717) is 18.1 Å². The van der Waals surface area contributed by atoms with Gasteiger partial charge in [0.2, 0.25) is 0 Å². The van der Waals surface area contributed by atoms with E-state index in [-0.39, 0.29) is 0 Å². The second-order valence-corrected chi connectivity index (χ2v) is 4.73. The van der Waals surface area contributed by atoms with Crippen molar-refractivity contribution >= 4 is 0 Å². The lowest BCUT2D eigenvalue weighted by molar-refractivity contribution is 0.198. The fraction of sp³-hybridized carbons (Fsp3) is 0.294. The van der Waals surface area contributed by atoms with Crippen molar-refractivity contribution in [2.75, 3.05) is 14.2 Å². The van der Waals surface area contributed by atoms with E-state index in [9.17, 15) is 5.11 Å². The molecule has 2 aromatic carbocycles. The first-order valence-corrected chi connectivity index (χ1v) is 6.75. The summed E-state index contributed by atoms with van der Waals surface area (Å²) in [5, 5.41) is 9.59. The van der Waals surface area contributed by atoms with Crippen LogP contribution in [0.25, 0.3) is 0 Å². The minimum atomic E-state index is -0.536. The summed E-state index contributed by atoms with van der Waals surface area (Å²) in [6.45, 7) is 2.13. The molecule has 0 fully saturated rings. The van der Waals surface area contributed by atoms with Crippen LogP contribution in [0.3, 0.4) is 0 Å². The van der Waals surface area contributed by atoms with Crippen LogP contribution in [0, 0.1) is 0 Å². The Hall–Kier alpha value is -2.20. The van der Waals surface area contributed by atoms with Crippen molar-refractivity contribution in [2.45, 2.75) is 19.6 Å². The van der Waals surface area contributed by atoms with Crippen molar-refractivity contribution < 1.29 is 19.3 Å². The molecule has 0 saturated heterocycles. The maximum Gasteiger partial charge on any atom is 0.161 e. The fourth-order valence-electron chi connectivity index (χ4n) is 1.99. The van der Waals surface area contributed by atoms with Gasteiger partial charge in [0.05, 0.1) is 20.3 Å². The van der Waals surface area contributed by atoms with Gasteiger partial charge in [0.25, 0.3) is 0 Å². The monoisotopic (exact) mass is 288 g/mol. The number of rotatable bonds is 6. The van der Waals surface area contributed by atoms with Crippen LogP contribution in [0.5, 0.6) is 17.2 Å². The highest BCUT2D eigenvalue weighted by Gasteiger charge is 2.09. The highest BCUT2D eigenvalue weighted by atomic mass is 16.5. The maximum absolute atomic E-state index is 9.59. The van der Waals surface area contributed by atoms with Gasteiger partial charge in [-0.2, -0.15) is 0 Å². The Morgan fingerprint density at radius 2 is 1.81 bits per heavy atom. The van der Waals surface area contributed by atoms with E-state index in [1.807, 2.05) is 30.3 Å². The predicted molar refractivity (Wildman–Crippen MR) is 81.0 cm³/mol. The quantitative estimate of drug-likeness (QED) is 0.885. The van der Waals surface area contributed by atoms with Crippen LogP contribution in [-0.4, -0.2) is 19.3 Å². The summed E-state index contributed by atoms with van der Waals surface area (Å²) >= 11 is 0. The molecule has 0 aliphatic carbocycles. The number of ether oxygens (including phenoxy) is 3. The van der Waals surface area contributed by atoms with Gasteiger partial charge in [-0.1, -0.05) is 18.2 Å². The molecule has 0 saturated carbocycles. The largest absolute Gasteiger partial charge is 0.497 e. The van der Waals surface area contributed by atoms with Gasteiger partial charge in [-0.15, -0.1) is 0 Å². The summed E-state index contributed by atoms with van der Waals surface area (Å²) in [5.74, 6) is 2.05. The first-order valence-electron chi connectivity index (χ1n) is 6.75. The Kier molecular flexibility index (Phi) is 5.06. The summed E-state index contributed by atoms with van der Waals surface area (Å²) in [6.07, 6.45) is -0.536. The number of benzene rings is 2. The molecule has 0 heterocycles. The maximum atomic E-state index is 9.59. The Labute approximate surface area is 124 Å². The Balaban J connectivity index is 2.12. The number of hydrogen-bond acceptors (Lipinski definition) is 4. The number of aliphatic hydroxyl groups is 1. The summed E-state index contributed by atoms with van der Waals surface area (Å²) in [7, 11) is 3.22. The molecule has 0 bridgehead atoms. The molecular formula is C17H20O4. The Morgan fingerprint density at radius 1 is 1.00 bits per heavy atom. The third-order valence-corrected chi connectivity index (χ3v) is 3.20. The average Bonchev–Trinajstić information content (AvgIpc) is 2.52. The third-order valence-electron chi connectivity index (χ3n) is 3.20. The van der Waals surface area contributed by atoms with Gasteiger partial charge in [0.15, 0.2) is 11.5 Å². The molecule has 21 heavy (non-hydrogen) atoms.